The molecule has 5 nitrogen and oxygen atoms in total. The molecule has 0 atom stereocenters. The van der Waals surface area contributed by atoms with Crippen LogP contribution in [0.15, 0.2) is 6.07 Å². The number of aromatic nitrogens is 1. The van der Waals surface area contributed by atoms with E-state index in [-0.39, 0.29) is 6.07 Å². The van der Waals surface area contributed by atoms with Gasteiger partial charge < -0.3 is 9.84 Å². The van der Waals surface area contributed by atoms with Crippen molar-refractivity contribution in [2.75, 3.05) is 0 Å². The van der Waals surface area contributed by atoms with E-state index in [1.54, 1.807) is 0 Å². The summed E-state index contributed by atoms with van der Waals surface area (Å²) in [5.41, 5.74) is -2.66. The van der Waals surface area contributed by atoms with Gasteiger partial charge in [0, 0.05) is 5.56 Å². The number of carboxylic acids is 1. The molecule has 0 aliphatic rings. The molecule has 1 heterocycles. The van der Waals surface area contributed by atoms with Gasteiger partial charge in [0.25, 0.3) is 6.43 Å². The highest BCUT2D eigenvalue weighted by Crippen LogP contribution is 2.31. The van der Waals surface area contributed by atoms with E-state index in [0.29, 0.717) is 0 Å². The number of halogens is 5. The maximum atomic E-state index is 12.7. The fourth-order valence-electron chi connectivity index (χ4n) is 1.30. The smallest absolute Gasteiger partial charge is 0.481 e. The molecule has 108 valence electrons. The summed E-state index contributed by atoms with van der Waals surface area (Å²) >= 11 is 0. The molecule has 1 rings (SSSR count). The lowest BCUT2D eigenvalue weighted by Gasteiger charge is -2.13. The van der Waals surface area contributed by atoms with E-state index in [2.05, 4.69) is 9.72 Å². The minimum absolute atomic E-state index is 0.266. The molecular formula is C10H5F5N2O3. The molecule has 0 radical (unpaired) electrons. The standard InChI is InChI=1S/C10H5F5N2O3/c11-9(12)4-1-7(20-10(13,14)15)6(3-16)17-5(4)2-8(18)19/h1,9H,2H2,(H,18,19). The minimum atomic E-state index is -5.19. The summed E-state index contributed by atoms with van der Waals surface area (Å²) in [6.45, 7) is 0. The Morgan fingerprint density at radius 1 is 1.50 bits per heavy atom. The second-order valence-electron chi connectivity index (χ2n) is 3.40. The number of rotatable bonds is 4. The number of hydrogen-bond donors (Lipinski definition) is 1. The van der Waals surface area contributed by atoms with E-state index in [4.69, 9.17) is 10.4 Å². The van der Waals surface area contributed by atoms with Crippen molar-refractivity contribution < 1.29 is 36.6 Å². The molecule has 20 heavy (non-hydrogen) atoms. The van der Waals surface area contributed by atoms with Gasteiger partial charge in [0.05, 0.1) is 12.1 Å². The van der Waals surface area contributed by atoms with Crippen LogP contribution in [-0.2, 0) is 11.2 Å². The van der Waals surface area contributed by atoms with Gasteiger partial charge in [-0.05, 0) is 6.07 Å². The molecule has 0 spiro atoms. The second kappa shape index (κ2) is 5.68. The summed E-state index contributed by atoms with van der Waals surface area (Å²) in [5, 5.41) is 17.1. The minimum Gasteiger partial charge on any atom is -0.481 e. The van der Waals surface area contributed by atoms with E-state index in [1.807, 2.05) is 0 Å². The summed E-state index contributed by atoms with van der Waals surface area (Å²) in [5.74, 6) is -2.72. The molecule has 0 unspecified atom stereocenters. The van der Waals surface area contributed by atoms with Crippen LogP contribution in [0.1, 0.15) is 23.4 Å². The number of nitriles is 1. The molecular weight excluding hydrogens is 291 g/mol. The normalized spacial score (nSPS) is 11.2. The molecule has 0 saturated heterocycles. The number of ether oxygens (including phenoxy) is 1. The van der Waals surface area contributed by atoms with Gasteiger partial charge in [-0.25, -0.2) is 13.8 Å². The Hall–Kier alpha value is -2.44. The lowest BCUT2D eigenvalue weighted by Crippen LogP contribution is -2.19. The molecule has 0 saturated carbocycles. The zero-order chi connectivity index (χ0) is 15.5. The van der Waals surface area contributed by atoms with E-state index in [1.165, 1.54) is 6.07 Å². The van der Waals surface area contributed by atoms with Crippen molar-refractivity contribution in [2.24, 2.45) is 0 Å². The van der Waals surface area contributed by atoms with Crippen molar-refractivity contribution in [3.63, 3.8) is 0 Å². The van der Waals surface area contributed by atoms with Crippen molar-refractivity contribution >= 4 is 5.97 Å². The molecule has 0 aliphatic heterocycles. The fourth-order valence-corrected chi connectivity index (χ4v) is 1.30. The summed E-state index contributed by atoms with van der Waals surface area (Å²) in [6.07, 6.45) is -9.41. The molecule has 1 aromatic rings. The number of pyridine rings is 1. The number of aliphatic carboxylic acids is 1. The monoisotopic (exact) mass is 296 g/mol. The Balaban J connectivity index is 3.37. The Labute approximate surface area is 108 Å². The van der Waals surface area contributed by atoms with Crippen LogP contribution in [0.3, 0.4) is 0 Å². The Morgan fingerprint density at radius 3 is 2.50 bits per heavy atom. The Bertz CT molecular complexity index is 565. The maximum Gasteiger partial charge on any atom is 0.573 e. The third-order valence-corrected chi connectivity index (χ3v) is 1.99. The summed E-state index contributed by atoms with van der Waals surface area (Å²) in [7, 11) is 0. The van der Waals surface area contributed by atoms with Gasteiger partial charge >= 0.3 is 12.3 Å². The first-order valence-corrected chi connectivity index (χ1v) is 4.83. The summed E-state index contributed by atoms with van der Waals surface area (Å²) in [6, 6.07) is 1.49. The van der Waals surface area contributed by atoms with Crippen LogP contribution in [0, 0.1) is 11.3 Å². The van der Waals surface area contributed by atoms with Crippen LogP contribution in [0.2, 0.25) is 0 Å². The van der Waals surface area contributed by atoms with Crippen LogP contribution in [0.25, 0.3) is 0 Å². The highest BCUT2D eigenvalue weighted by Gasteiger charge is 2.33. The zero-order valence-electron chi connectivity index (χ0n) is 9.41. The Morgan fingerprint density at radius 2 is 2.10 bits per heavy atom. The van der Waals surface area contributed by atoms with Gasteiger partial charge in [-0.15, -0.1) is 13.2 Å². The highest BCUT2D eigenvalue weighted by molar-refractivity contribution is 5.70. The van der Waals surface area contributed by atoms with Crippen molar-refractivity contribution in [2.45, 2.75) is 19.2 Å². The quantitative estimate of drug-likeness (QED) is 0.863. The van der Waals surface area contributed by atoms with Crippen molar-refractivity contribution in [1.82, 2.24) is 4.98 Å². The molecule has 0 aliphatic carbocycles. The third-order valence-electron chi connectivity index (χ3n) is 1.99. The molecule has 0 bridgehead atoms. The first kappa shape index (κ1) is 15.6. The van der Waals surface area contributed by atoms with Gasteiger partial charge in [-0.2, -0.15) is 5.26 Å². The average Bonchev–Trinajstić information content (AvgIpc) is 2.27. The van der Waals surface area contributed by atoms with Gasteiger partial charge in [-0.3, -0.25) is 4.79 Å². The second-order valence-corrected chi connectivity index (χ2v) is 3.40. The first-order chi connectivity index (χ1) is 9.14. The van der Waals surface area contributed by atoms with Crippen LogP contribution >= 0.6 is 0 Å². The highest BCUT2D eigenvalue weighted by atomic mass is 19.4. The van der Waals surface area contributed by atoms with Crippen molar-refractivity contribution in [1.29, 1.82) is 5.26 Å². The summed E-state index contributed by atoms with van der Waals surface area (Å²) < 4.78 is 64.9. The Kier molecular flexibility index (Phi) is 4.44. The largest absolute Gasteiger partial charge is 0.573 e. The molecule has 10 heteroatoms. The SMILES string of the molecule is N#Cc1nc(CC(=O)O)c(C(F)F)cc1OC(F)(F)F. The third kappa shape index (κ3) is 4.04. The van der Waals surface area contributed by atoms with Crippen LogP contribution < -0.4 is 4.74 Å². The molecule has 0 amide bonds. The predicted octanol–water partition coefficient (Wildman–Crippen LogP) is 2.42. The number of nitrogens with zero attached hydrogens (tertiary/aromatic N) is 2. The predicted molar refractivity (Wildman–Crippen MR) is 51.9 cm³/mol. The molecule has 0 aromatic carbocycles. The number of alkyl halides is 5. The summed E-state index contributed by atoms with van der Waals surface area (Å²) in [4.78, 5) is 13.7. The van der Waals surface area contributed by atoms with E-state index >= 15 is 0 Å². The van der Waals surface area contributed by atoms with Gasteiger partial charge in [0.2, 0.25) is 0 Å². The first-order valence-electron chi connectivity index (χ1n) is 4.83. The van der Waals surface area contributed by atoms with Crippen molar-refractivity contribution in [3.05, 3.63) is 23.0 Å². The van der Waals surface area contributed by atoms with Gasteiger partial charge in [0.1, 0.15) is 6.07 Å². The zero-order valence-corrected chi connectivity index (χ0v) is 9.41. The van der Waals surface area contributed by atoms with Gasteiger partial charge in [-0.1, -0.05) is 0 Å². The van der Waals surface area contributed by atoms with Crippen molar-refractivity contribution in [3.8, 4) is 11.8 Å². The maximum absolute atomic E-state index is 12.7. The van der Waals surface area contributed by atoms with Gasteiger partial charge in [0.15, 0.2) is 11.4 Å². The lowest BCUT2D eigenvalue weighted by atomic mass is 10.1. The number of carbonyl (C=O) groups is 1. The van der Waals surface area contributed by atoms with Crippen LogP contribution in [0.4, 0.5) is 22.0 Å². The molecule has 0 fully saturated rings. The van der Waals surface area contributed by atoms with E-state index in [9.17, 15) is 26.7 Å². The van der Waals surface area contributed by atoms with Crippen LogP contribution in [-0.4, -0.2) is 22.4 Å². The molecule has 1 aromatic heterocycles. The molecule has 1 N–H and O–H groups in total. The number of hydrogen-bond acceptors (Lipinski definition) is 4. The van der Waals surface area contributed by atoms with E-state index < -0.39 is 47.9 Å². The number of carboxylic acid groups (broad SMARTS) is 1. The lowest BCUT2D eigenvalue weighted by molar-refractivity contribution is -0.274. The average molecular weight is 296 g/mol. The topological polar surface area (TPSA) is 83.2 Å². The van der Waals surface area contributed by atoms with E-state index in [0.717, 1.165) is 0 Å². The fraction of sp³-hybridized carbons (Fsp3) is 0.300. The van der Waals surface area contributed by atoms with Crippen LogP contribution in [0.5, 0.6) is 5.75 Å².